The molecule has 2 aliphatic carbocycles. The topological polar surface area (TPSA) is 64.1 Å². The normalized spacial score (nSPS) is 29.1. The summed E-state index contributed by atoms with van der Waals surface area (Å²) in [6, 6.07) is 10.9. The van der Waals surface area contributed by atoms with E-state index < -0.39 is 5.97 Å². The summed E-state index contributed by atoms with van der Waals surface area (Å²) in [4.78, 5) is 30.8. The van der Waals surface area contributed by atoms with Crippen LogP contribution >= 0.6 is 0 Å². The van der Waals surface area contributed by atoms with E-state index in [0.717, 1.165) is 38.8 Å². The lowest BCUT2D eigenvalue weighted by atomic mass is 9.68. The van der Waals surface area contributed by atoms with Gasteiger partial charge in [0.1, 0.15) is 0 Å². The highest BCUT2D eigenvalue weighted by Crippen LogP contribution is 2.49. The van der Waals surface area contributed by atoms with E-state index >= 15 is 0 Å². The number of benzene rings is 1. The van der Waals surface area contributed by atoms with Crippen LogP contribution < -0.4 is 0 Å². The van der Waals surface area contributed by atoms with Crippen molar-refractivity contribution >= 4 is 12.0 Å². The SMILES string of the molecule is CN(C)C1(c2ccccc2)CCC2(CC1)CN(CCCC(=O)O)C(=O)N2CC1CCC1. The van der Waals surface area contributed by atoms with Gasteiger partial charge in [0.05, 0.1) is 5.54 Å². The largest absolute Gasteiger partial charge is 0.481 e. The number of aliphatic carboxylic acids is 1. The third kappa shape index (κ3) is 4.19. The van der Waals surface area contributed by atoms with E-state index in [0.29, 0.717) is 18.9 Å². The average Bonchev–Trinajstić information content (AvgIpc) is 2.97. The number of amides is 2. The fourth-order valence-electron chi connectivity index (χ4n) is 5.98. The zero-order valence-corrected chi connectivity index (χ0v) is 19.1. The Kier molecular flexibility index (Phi) is 6.29. The van der Waals surface area contributed by atoms with Crippen LogP contribution in [0.1, 0.15) is 63.4 Å². The van der Waals surface area contributed by atoms with Gasteiger partial charge in [-0.25, -0.2) is 4.79 Å². The van der Waals surface area contributed by atoms with E-state index in [9.17, 15) is 9.59 Å². The molecular weight excluding hydrogens is 390 g/mol. The van der Waals surface area contributed by atoms with Crippen molar-refractivity contribution in [1.82, 2.24) is 14.7 Å². The quantitative estimate of drug-likeness (QED) is 0.677. The molecule has 170 valence electrons. The van der Waals surface area contributed by atoms with Crippen molar-refractivity contribution in [2.45, 2.75) is 68.9 Å². The summed E-state index contributed by atoms with van der Waals surface area (Å²) in [5.41, 5.74) is 1.27. The lowest BCUT2D eigenvalue weighted by Gasteiger charge is -2.51. The number of rotatable bonds is 8. The Hall–Kier alpha value is -2.08. The van der Waals surface area contributed by atoms with Gasteiger partial charge < -0.3 is 14.9 Å². The maximum Gasteiger partial charge on any atom is 0.320 e. The third-order valence-corrected chi connectivity index (χ3v) is 8.22. The molecule has 1 aromatic carbocycles. The van der Waals surface area contributed by atoms with Crippen LogP contribution in [-0.4, -0.2) is 71.1 Å². The predicted molar refractivity (Wildman–Crippen MR) is 121 cm³/mol. The van der Waals surface area contributed by atoms with Crippen molar-refractivity contribution in [3.05, 3.63) is 35.9 Å². The molecule has 4 rings (SSSR count). The highest BCUT2D eigenvalue weighted by Gasteiger charge is 2.54. The lowest BCUT2D eigenvalue weighted by Crippen LogP contribution is -2.56. The molecule has 1 aliphatic heterocycles. The van der Waals surface area contributed by atoms with Crippen LogP contribution in [-0.2, 0) is 10.3 Å². The summed E-state index contributed by atoms with van der Waals surface area (Å²) in [6.45, 7) is 2.16. The Morgan fingerprint density at radius 3 is 2.35 bits per heavy atom. The molecule has 6 heteroatoms. The van der Waals surface area contributed by atoms with Gasteiger partial charge in [0.25, 0.3) is 0 Å². The smallest absolute Gasteiger partial charge is 0.320 e. The third-order valence-electron chi connectivity index (χ3n) is 8.22. The summed E-state index contributed by atoms with van der Waals surface area (Å²) in [7, 11) is 4.35. The molecule has 1 spiro atoms. The number of hydrogen-bond donors (Lipinski definition) is 1. The maximum atomic E-state index is 13.4. The highest BCUT2D eigenvalue weighted by molar-refractivity contribution is 5.78. The summed E-state index contributed by atoms with van der Waals surface area (Å²) in [5.74, 6) is -0.154. The van der Waals surface area contributed by atoms with Crippen molar-refractivity contribution in [1.29, 1.82) is 0 Å². The monoisotopic (exact) mass is 427 g/mol. The van der Waals surface area contributed by atoms with Crippen LogP contribution in [0.4, 0.5) is 4.79 Å². The molecule has 2 saturated carbocycles. The van der Waals surface area contributed by atoms with Gasteiger partial charge in [0, 0.05) is 31.6 Å². The van der Waals surface area contributed by atoms with Crippen molar-refractivity contribution in [2.75, 3.05) is 33.7 Å². The summed E-state index contributed by atoms with van der Waals surface area (Å²) in [6.07, 6.45) is 8.43. The zero-order valence-electron chi connectivity index (χ0n) is 19.1. The van der Waals surface area contributed by atoms with Gasteiger partial charge in [0.2, 0.25) is 0 Å². The Balaban J connectivity index is 1.53. The molecule has 0 aromatic heterocycles. The minimum absolute atomic E-state index is 0.00836. The zero-order chi connectivity index (χ0) is 22.1. The fraction of sp³-hybridized carbons (Fsp3) is 0.680. The molecule has 0 unspecified atom stereocenters. The van der Waals surface area contributed by atoms with E-state index in [1.807, 2.05) is 4.90 Å². The van der Waals surface area contributed by atoms with Crippen LogP contribution in [0, 0.1) is 5.92 Å². The molecule has 0 bridgehead atoms. The predicted octanol–water partition coefficient (Wildman–Crippen LogP) is 4.16. The minimum atomic E-state index is -0.788. The number of carboxylic acids is 1. The van der Waals surface area contributed by atoms with Gasteiger partial charge in [-0.2, -0.15) is 0 Å². The molecule has 0 atom stereocenters. The number of nitrogens with zero attached hydrogens (tertiary/aromatic N) is 3. The second kappa shape index (κ2) is 8.81. The molecule has 1 N–H and O–H groups in total. The van der Waals surface area contributed by atoms with Crippen LogP contribution in [0.2, 0.25) is 0 Å². The minimum Gasteiger partial charge on any atom is -0.481 e. The maximum absolute atomic E-state index is 13.4. The van der Waals surface area contributed by atoms with E-state index in [-0.39, 0.29) is 23.5 Å². The molecule has 3 fully saturated rings. The van der Waals surface area contributed by atoms with Crippen LogP contribution in [0.5, 0.6) is 0 Å². The first kappa shape index (κ1) is 22.1. The molecule has 6 nitrogen and oxygen atoms in total. The second-order valence-electron chi connectivity index (χ2n) is 10.1. The van der Waals surface area contributed by atoms with Gasteiger partial charge in [-0.1, -0.05) is 36.8 Å². The second-order valence-corrected chi connectivity index (χ2v) is 10.1. The highest BCUT2D eigenvalue weighted by atomic mass is 16.4. The molecule has 0 radical (unpaired) electrons. The number of hydrogen-bond acceptors (Lipinski definition) is 3. The van der Waals surface area contributed by atoms with Gasteiger partial charge in [-0.15, -0.1) is 0 Å². The molecule has 1 saturated heterocycles. The Morgan fingerprint density at radius 2 is 1.81 bits per heavy atom. The van der Waals surface area contributed by atoms with Crippen molar-refractivity contribution in [2.24, 2.45) is 5.92 Å². The van der Waals surface area contributed by atoms with Gasteiger partial charge in [-0.3, -0.25) is 9.69 Å². The lowest BCUT2D eigenvalue weighted by molar-refractivity contribution is -0.137. The van der Waals surface area contributed by atoms with Crippen LogP contribution in [0.3, 0.4) is 0 Å². The van der Waals surface area contributed by atoms with Crippen molar-refractivity contribution in [3.63, 3.8) is 0 Å². The van der Waals surface area contributed by atoms with Gasteiger partial charge in [0.15, 0.2) is 0 Å². The molecule has 31 heavy (non-hydrogen) atoms. The first-order valence-electron chi connectivity index (χ1n) is 11.9. The number of carboxylic acid groups (broad SMARTS) is 1. The molecule has 3 aliphatic rings. The van der Waals surface area contributed by atoms with E-state index in [1.165, 1.54) is 24.8 Å². The van der Waals surface area contributed by atoms with E-state index in [1.54, 1.807) is 0 Å². The first-order chi connectivity index (χ1) is 14.9. The molecule has 1 heterocycles. The summed E-state index contributed by atoms with van der Waals surface area (Å²) < 4.78 is 0. The van der Waals surface area contributed by atoms with E-state index in [4.69, 9.17) is 5.11 Å². The van der Waals surface area contributed by atoms with Crippen LogP contribution in [0.15, 0.2) is 30.3 Å². The van der Waals surface area contributed by atoms with Crippen molar-refractivity contribution < 1.29 is 14.7 Å². The van der Waals surface area contributed by atoms with E-state index in [2.05, 4.69) is 54.2 Å². The number of carbonyl (C=O) groups excluding carboxylic acids is 1. The molecule has 2 amide bonds. The summed E-state index contributed by atoms with van der Waals surface area (Å²) in [5, 5.41) is 9.01. The number of urea groups is 1. The van der Waals surface area contributed by atoms with Gasteiger partial charge >= 0.3 is 12.0 Å². The number of carbonyl (C=O) groups is 2. The average molecular weight is 428 g/mol. The Bertz CT molecular complexity index is 782. The van der Waals surface area contributed by atoms with Gasteiger partial charge in [-0.05, 0) is 70.5 Å². The Labute approximate surface area is 186 Å². The van der Waals surface area contributed by atoms with Crippen LogP contribution in [0.25, 0.3) is 0 Å². The van der Waals surface area contributed by atoms with Crippen molar-refractivity contribution in [3.8, 4) is 0 Å². The summed E-state index contributed by atoms with van der Waals surface area (Å²) >= 11 is 0. The molecule has 1 aromatic rings. The standard InChI is InChI=1S/C25H37N3O3/c1-26(2)25(21-10-4-3-5-11-21)15-13-24(14-16-25)19-27(17-7-12-22(29)30)23(31)28(24)18-20-8-6-9-20/h3-5,10-11,20H,6-9,12-19H2,1-2H3,(H,29,30). The molecular formula is C25H37N3O3. The Morgan fingerprint density at radius 1 is 1.13 bits per heavy atom. The fourth-order valence-corrected chi connectivity index (χ4v) is 5.98. The first-order valence-corrected chi connectivity index (χ1v) is 11.9.